The van der Waals surface area contributed by atoms with Crippen LogP contribution in [0.1, 0.15) is 12.5 Å². The van der Waals surface area contributed by atoms with Gasteiger partial charge in [-0.05, 0) is 53.3 Å². The number of phenolic OH excluding ortho intramolecular Hbond substituents is 1. The fourth-order valence-corrected chi connectivity index (χ4v) is 1.75. The lowest BCUT2D eigenvalue weighted by Gasteiger charge is -2.08. The van der Waals surface area contributed by atoms with Crippen molar-refractivity contribution in [2.45, 2.75) is 6.92 Å². The standard InChI is InChI=1S/C11H11IO4/c1-2-16-9-6-7(3-4-10(13)14)5-8(12)11(9)15/h3-6,15H,2H2,1H3,(H,13,14)/b4-3+. The molecule has 0 heterocycles. The number of halogens is 1. The average Bonchev–Trinajstić information content (AvgIpc) is 2.22. The molecule has 0 fully saturated rings. The van der Waals surface area contributed by atoms with Gasteiger partial charge < -0.3 is 14.9 Å². The third kappa shape index (κ3) is 3.41. The molecule has 1 aromatic rings. The Balaban J connectivity index is 3.08. The van der Waals surface area contributed by atoms with Crippen LogP contribution in [-0.4, -0.2) is 22.8 Å². The van der Waals surface area contributed by atoms with E-state index in [1.165, 1.54) is 6.08 Å². The third-order valence-electron chi connectivity index (χ3n) is 1.77. The molecule has 2 N–H and O–H groups in total. The van der Waals surface area contributed by atoms with Crippen molar-refractivity contribution < 1.29 is 19.7 Å². The molecule has 0 aromatic heterocycles. The van der Waals surface area contributed by atoms with Crippen molar-refractivity contribution in [2.24, 2.45) is 0 Å². The second-order valence-corrected chi connectivity index (χ2v) is 4.12. The quantitative estimate of drug-likeness (QED) is 0.656. The van der Waals surface area contributed by atoms with E-state index < -0.39 is 5.97 Å². The average molecular weight is 334 g/mol. The number of phenols is 1. The van der Waals surface area contributed by atoms with Crippen molar-refractivity contribution in [1.29, 1.82) is 0 Å². The lowest BCUT2D eigenvalue weighted by Crippen LogP contribution is -1.94. The first-order chi connectivity index (χ1) is 7.54. The van der Waals surface area contributed by atoms with Gasteiger partial charge in [-0.3, -0.25) is 0 Å². The first-order valence-electron chi connectivity index (χ1n) is 4.61. The van der Waals surface area contributed by atoms with Crippen molar-refractivity contribution >= 4 is 34.6 Å². The number of aromatic hydroxyl groups is 1. The molecule has 5 heteroatoms. The van der Waals surface area contributed by atoms with Crippen LogP contribution in [0.4, 0.5) is 0 Å². The fourth-order valence-electron chi connectivity index (χ4n) is 1.12. The topological polar surface area (TPSA) is 66.8 Å². The van der Waals surface area contributed by atoms with Crippen LogP contribution < -0.4 is 4.74 Å². The molecule has 1 aromatic carbocycles. The van der Waals surface area contributed by atoms with Crippen molar-refractivity contribution in [3.63, 3.8) is 0 Å². The highest BCUT2D eigenvalue weighted by Crippen LogP contribution is 2.33. The van der Waals surface area contributed by atoms with Gasteiger partial charge in [0.25, 0.3) is 0 Å². The summed E-state index contributed by atoms with van der Waals surface area (Å²) in [6, 6.07) is 3.28. The molecule has 0 radical (unpaired) electrons. The summed E-state index contributed by atoms with van der Waals surface area (Å²) in [5.41, 5.74) is 0.674. The zero-order valence-electron chi connectivity index (χ0n) is 8.61. The van der Waals surface area contributed by atoms with Gasteiger partial charge in [0.15, 0.2) is 11.5 Å². The Kier molecular flexibility index (Phi) is 4.60. The fraction of sp³-hybridized carbons (Fsp3) is 0.182. The Hall–Kier alpha value is -1.24. The molecule has 1 rings (SSSR count). The van der Waals surface area contributed by atoms with Crippen LogP contribution >= 0.6 is 22.6 Å². The number of benzene rings is 1. The van der Waals surface area contributed by atoms with Crippen LogP contribution in [-0.2, 0) is 4.79 Å². The zero-order valence-corrected chi connectivity index (χ0v) is 10.8. The SMILES string of the molecule is CCOc1cc(/C=C/C(=O)O)cc(I)c1O. The van der Waals surface area contributed by atoms with E-state index in [1.54, 1.807) is 12.1 Å². The van der Waals surface area contributed by atoms with E-state index in [0.29, 0.717) is 21.5 Å². The molecular weight excluding hydrogens is 323 g/mol. The number of carboxylic acid groups (broad SMARTS) is 1. The summed E-state index contributed by atoms with van der Waals surface area (Å²) >= 11 is 1.96. The minimum atomic E-state index is -1.01. The van der Waals surface area contributed by atoms with Crippen LogP contribution in [0.5, 0.6) is 11.5 Å². The Morgan fingerprint density at radius 2 is 2.25 bits per heavy atom. The highest BCUT2D eigenvalue weighted by molar-refractivity contribution is 14.1. The number of hydrogen-bond acceptors (Lipinski definition) is 3. The summed E-state index contributed by atoms with van der Waals surface area (Å²) in [5.74, 6) is -0.574. The van der Waals surface area contributed by atoms with E-state index >= 15 is 0 Å². The van der Waals surface area contributed by atoms with Gasteiger partial charge in [-0.2, -0.15) is 0 Å². The maximum atomic E-state index is 10.4. The van der Waals surface area contributed by atoms with Crippen LogP contribution in [0.2, 0.25) is 0 Å². The molecule has 0 unspecified atom stereocenters. The largest absolute Gasteiger partial charge is 0.504 e. The maximum absolute atomic E-state index is 10.4. The number of carboxylic acids is 1. The van der Waals surface area contributed by atoms with Gasteiger partial charge in [-0.1, -0.05) is 0 Å². The van der Waals surface area contributed by atoms with Gasteiger partial charge in [0.05, 0.1) is 10.2 Å². The van der Waals surface area contributed by atoms with Gasteiger partial charge in [0, 0.05) is 6.08 Å². The Labute approximate surface area is 107 Å². The van der Waals surface area contributed by atoms with Crippen LogP contribution in [0, 0.1) is 3.57 Å². The van der Waals surface area contributed by atoms with Gasteiger partial charge in [-0.25, -0.2) is 4.79 Å². The minimum Gasteiger partial charge on any atom is -0.504 e. The first kappa shape index (κ1) is 12.8. The molecule has 0 saturated heterocycles. The third-order valence-corrected chi connectivity index (χ3v) is 2.59. The van der Waals surface area contributed by atoms with E-state index in [2.05, 4.69) is 0 Å². The summed E-state index contributed by atoms with van der Waals surface area (Å²) in [7, 11) is 0. The summed E-state index contributed by atoms with van der Waals surface area (Å²) in [6.07, 6.45) is 2.49. The normalized spacial score (nSPS) is 10.6. The number of rotatable bonds is 4. The number of hydrogen-bond donors (Lipinski definition) is 2. The molecule has 86 valence electrons. The van der Waals surface area contributed by atoms with E-state index in [0.717, 1.165) is 6.08 Å². The van der Waals surface area contributed by atoms with Gasteiger partial charge in [0.1, 0.15) is 0 Å². The molecule has 0 bridgehead atoms. The van der Waals surface area contributed by atoms with Crippen molar-refractivity contribution in [3.8, 4) is 11.5 Å². The Morgan fingerprint density at radius 1 is 1.56 bits per heavy atom. The molecule has 0 aliphatic rings. The van der Waals surface area contributed by atoms with Crippen LogP contribution in [0.25, 0.3) is 6.08 Å². The van der Waals surface area contributed by atoms with E-state index in [9.17, 15) is 9.90 Å². The van der Waals surface area contributed by atoms with E-state index in [1.807, 2.05) is 29.5 Å². The minimum absolute atomic E-state index is 0.0786. The highest BCUT2D eigenvalue weighted by Gasteiger charge is 2.07. The summed E-state index contributed by atoms with van der Waals surface area (Å²) < 4.78 is 5.85. The molecular formula is C11H11IO4. The van der Waals surface area contributed by atoms with Crippen LogP contribution in [0.15, 0.2) is 18.2 Å². The molecule has 0 saturated carbocycles. The molecule has 0 spiro atoms. The number of aliphatic carboxylic acids is 1. The van der Waals surface area contributed by atoms with Crippen molar-refractivity contribution in [3.05, 3.63) is 27.3 Å². The maximum Gasteiger partial charge on any atom is 0.328 e. The first-order valence-corrected chi connectivity index (χ1v) is 5.68. The zero-order chi connectivity index (χ0) is 12.1. The van der Waals surface area contributed by atoms with E-state index in [-0.39, 0.29) is 5.75 Å². The summed E-state index contributed by atoms with van der Waals surface area (Å²) in [6.45, 7) is 2.25. The van der Waals surface area contributed by atoms with Gasteiger partial charge in [0.2, 0.25) is 0 Å². The molecule has 0 amide bonds. The van der Waals surface area contributed by atoms with Crippen molar-refractivity contribution in [1.82, 2.24) is 0 Å². The van der Waals surface area contributed by atoms with Crippen LogP contribution in [0.3, 0.4) is 0 Å². The molecule has 16 heavy (non-hydrogen) atoms. The Morgan fingerprint density at radius 3 is 2.81 bits per heavy atom. The smallest absolute Gasteiger partial charge is 0.328 e. The second kappa shape index (κ2) is 5.74. The lowest BCUT2D eigenvalue weighted by atomic mass is 10.2. The number of ether oxygens (including phenoxy) is 1. The lowest BCUT2D eigenvalue weighted by molar-refractivity contribution is -0.131. The second-order valence-electron chi connectivity index (χ2n) is 2.95. The molecule has 4 nitrogen and oxygen atoms in total. The van der Waals surface area contributed by atoms with Gasteiger partial charge >= 0.3 is 5.97 Å². The highest BCUT2D eigenvalue weighted by atomic mass is 127. The molecule has 0 atom stereocenters. The predicted octanol–water partition coefficient (Wildman–Crippen LogP) is 2.49. The number of carbonyl (C=O) groups is 1. The summed E-state index contributed by atoms with van der Waals surface area (Å²) in [5, 5.41) is 18.2. The predicted molar refractivity (Wildman–Crippen MR) is 68.7 cm³/mol. The molecule has 0 aliphatic carbocycles. The molecule has 0 aliphatic heterocycles. The van der Waals surface area contributed by atoms with Crippen molar-refractivity contribution in [2.75, 3.05) is 6.61 Å². The summed E-state index contributed by atoms with van der Waals surface area (Å²) in [4.78, 5) is 10.4. The van der Waals surface area contributed by atoms with E-state index in [4.69, 9.17) is 9.84 Å². The Bertz CT molecular complexity index is 426. The monoisotopic (exact) mass is 334 g/mol. The van der Waals surface area contributed by atoms with Gasteiger partial charge in [-0.15, -0.1) is 0 Å².